The van der Waals surface area contributed by atoms with E-state index < -0.39 is 17.8 Å². The maximum absolute atomic E-state index is 14.3. The predicted molar refractivity (Wildman–Crippen MR) is 138 cm³/mol. The van der Waals surface area contributed by atoms with Gasteiger partial charge in [-0.3, -0.25) is 19.9 Å². The zero-order valence-electron chi connectivity index (χ0n) is 20.4. The number of ether oxygens (including phenoxy) is 2. The summed E-state index contributed by atoms with van der Waals surface area (Å²) in [6.45, 7) is 2.22. The highest BCUT2D eigenvalue weighted by Crippen LogP contribution is 2.35. The van der Waals surface area contributed by atoms with Gasteiger partial charge in [0.1, 0.15) is 10.9 Å². The first-order valence-electron chi connectivity index (χ1n) is 11.2. The number of carbonyl (C=O) groups excluding carboxylic acids is 2. The van der Waals surface area contributed by atoms with E-state index in [1.54, 1.807) is 12.1 Å². The molecule has 38 heavy (non-hydrogen) atoms. The second kappa shape index (κ2) is 10.3. The van der Waals surface area contributed by atoms with E-state index in [-0.39, 0.29) is 29.7 Å². The minimum Gasteiger partial charge on any atom is -0.494 e. The summed E-state index contributed by atoms with van der Waals surface area (Å²) in [5, 5.41) is 3.44. The Kier molecular flexibility index (Phi) is 6.91. The van der Waals surface area contributed by atoms with E-state index in [9.17, 15) is 14.0 Å². The van der Waals surface area contributed by atoms with Crippen LogP contribution >= 0.6 is 22.9 Å². The second-order valence-electron chi connectivity index (χ2n) is 8.27. The van der Waals surface area contributed by atoms with Crippen LogP contribution in [0.15, 0.2) is 36.7 Å². The predicted octanol–water partition coefficient (Wildman–Crippen LogP) is 4.52. The van der Waals surface area contributed by atoms with Gasteiger partial charge in [0.05, 0.1) is 55.2 Å². The molecule has 13 heteroatoms. The molecule has 4 aromatic heterocycles. The Morgan fingerprint density at radius 3 is 2.58 bits per heavy atom. The number of aryl methyl sites for hydroxylation is 1. The molecule has 0 saturated heterocycles. The lowest BCUT2D eigenvalue weighted by molar-refractivity contribution is 0.0744. The third-order valence-electron chi connectivity index (χ3n) is 5.85. The van der Waals surface area contributed by atoms with Crippen molar-refractivity contribution in [3.63, 3.8) is 0 Å². The van der Waals surface area contributed by atoms with E-state index in [2.05, 4.69) is 25.3 Å². The molecule has 0 spiro atoms. The molecule has 5 rings (SSSR count). The number of methoxy groups -OCH3 is 2. The molecule has 0 radical (unpaired) electrons. The summed E-state index contributed by atoms with van der Waals surface area (Å²) >= 11 is 7.36. The Balaban J connectivity index is 1.34. The molecule has 10 nitrogen and oxygen atoms in total. The van der Waals surface area contributed by atoms with E-state index in [4.69, 9.17) is 21.1 Å². The van der Waals surface area contributed by atoms with E-state index in [0.717, 1.165) is 4.88 Å². The van der Waals surface area contributed by atoms with Crippen LogP contribution in [0.25, 0.3) is 11.1 Å². The van der Waals surface area contributed by atoms with Gasteiger partial charge in [0.15, 0.2) is 5.13 Å². The highest BCUT2D eigenvalue weighted by Gasteiger charge is 2.30. The van der Waals surface area contributed by atoms with E-state index in [0.29, 0.717) is 39.0 Å². The van der Waals surface area contributed by atoms with Gasteiger partial charge in [0, 0.05) is 29.1 Å². The van der Waals surface area contributed by atoms with Gasteiger partial charge in [-0.25, -0.2) is 9.97 Å². The highest BCUT2D eigenvalue weighted by atomic mass is 35.5. The summed E-state index contributed by atoms with van der Waals surface area (Å²) in [5.41, 5.74) is 2.65. The normalized spacial score (nSPS) is 12.3. The molecular weight excluding hydrogens is 535 g/mol. The zero-order valence-corrected chi connectivity index (χ0v) is 22.0. The largest absolute Gasteiger partial charge is 0.494 e. The summed E-state index contributed by atoms with van der Waals surface area (Å²) in [5.74, 6) is -1.29. The summed E-state index contributed by atoms with van der Waals surface area (Å²) in [4.78, 5) is 44.8. The monoisotopic (exact) mass is 554 g/mol. The van der Waals surface area contributed by atoms with Gasteiger partial charge < -0.3 is 14.4 Å². The van der Waals surface area contributed by atoms with E-state index in [1.807, 2.05) is 6.92 Å². The van der Waals surface area contributed by atoms with Crippen molar-refractivity contribution in [3.05, 3.63) is 75.2 Å². The van der Waals surface area contributed by atoms with Crippen LogP contribution in [0.1, 0.15) is 37.0 Å². The Bertz CT molecular complexity index is 1560. The van der Waals surface area contributed by atoms with Crippen molar-refractivity contribution >= 4 is 39.9 Å². The molecule has 0 saturated carbocycles. The Morgan fingerprint density at radius 2 is 1.87 bits per heavy atom. The van der Waals surface area contributed by atoms with Crippen LogP contribution in [0.2, 0.25) is 5.15 Å². The van der Waals surface area contributed by atoms with Gasteiger partial charge in [-0.05, 0) is 25.1 Å². The molecule has 0 bridgehead atoms. The van der Waals surface area contributed by atoms with Crippen LogP contribution in [0.5, 0.6) is 11.6 Å². The van der Waals surface area contributed by atoms with Gasteiger partial charge in [-0.1, -0.05) is 22.9 Å². The first-order valence-corrected chi connectivity index (χ1v) is 12.4. The van der Waals surface area contributed by atoms with Crippen molar-refractivity contribution in [2.75, 3.05) is 19.5 Å². The van der Waals surface area contributed by atoms with Crippen LogP contribution in [-0.2, 0) is 13.1 Å². The smallest absolute Gasteiger partial charge is 0.259 e. The van der Waals surface area contributed by atoms with Crippen LogP contribution in [0, 0.1) is 12.9 Å². The number of aromatic nitrogens is 4. The number of anilines is 1. The van der Waals surface area contributed by atoms with Crippen LogP contribution < -0.4 is 14.8 Å². The first-order chi connectivity index (χ1) is 18.3. The number of carbonyl (C=O) groups is 2. The standard InChI is InChI=1S/C25H20ClFN6O4S/c1-12-6-14(15-7-20(26)29-9-18(15)36-2)16(8-28-12)23(34)32-25-30-17-10-33(11-19(17)38-25)24(35)13-4-5-21(37-3)31-22(13)27/h4-9H,10-11H2,1-3H3,(H,30,32,34). The third kappa shape index (κ3) is 4.87. The van der Waals surface area contributed by atoms with Gasteiger partial charge in [-0.15, -0.1) is 0 Å². The molecule has 4 aromatic rings. The molecule has 1 aliphatic rings. The lowest BCUT2D eigenvalue weighted by Gasteiger charge is -2.16. The molecular formula is C25H20ClFN6O4S. The second-order valence-corrected chi connectivity index (χ2v) is 9.75. The molecule has 0 unspecified atom stereocenters. The number of nitrogens with zero attached hydrogens (tertiary/aromatic N) is 5. The Labute approximate surface area is 225 Å². The number of amides is 2. The molecule has 194 valence electrons. The van der Waals surface area contributed by atoms with Crippen molar-refractivity contribution in [2.24, 2.45) is 0 Å². The molecule has 0 aromatic carbocycles. The van der Waals surface area contributed by atoms with Crippen molar-refractivity contribution in [1.29, 1.82) is 0 Å². The molecule has 1 N–H and O–H groups in total. The average molecular weight is 555 g/mol. The summed E-state index contributed by atoms with van der Waals surface area (Å²) < 4.78 is 24.6. The van der Waals surface area contributed by atoms with E-state index in [1.165, 1.54) is 55.0 Å². The van der Waals surface area contributed by atoms with Gasteiger partial charge >= 0.3 is 0 Å². The van der Waals surface area contributed by atoms with Gasteiger partial charge in [-0.2, -0.15) is 9.37 Å². The maximum Gasteiger partial charge on any atom is 0.259 e. The first kappa shape index (κ1) is 25.5. The fourth-order valence-electron chi connectivity index (χ4n) is 4.02. The number of fused-ring (bicyclic) bond motifs is 1. The minimum absolute atomic E-state index is 0.0824. The molecule has 0 fully saturated rings. The van der Waals surface area contributed by atoms with Crippen molar-refractivity contribution in [2.45, 2.75) is 20.0 Å². The van der Waals surface area contributed by atoms with Gasteiger partial charge in [0.25, 0.3) is 11.8 Å². The summed E-state index contributed by atoms with van der Waals surface area (Å²) in [6.07, 6.45) is 2.97. The highest BCUT2D eigenvalue weighted by molar-refractivity contribution is 7.16. The lowest BCUT2D eigenvalue weighted by atomic mass is 10.0. The minimum atomic E-state index is -0.903. The number of nitrogens with one attached hydrogen (secondary N) is 1. The quantitative estimate of drug-likeness (QED) is 0.345. The molecule has 5 heterocycles. The fourth-order valence-corrected chi connectivity index (χ4v) is 5.16. The molecule has 0 aliphatic carbocycles. The van der Waals surface area contributed by atoms with Crippen LogP contribution in [0.4, 0.5) is 9.52 Å². The zero-order chi connectivity index (χ0) is 27.0. The maximum atomic E-state index is 14.3. The summed E-state index contributed by atoms with van der Waals surface area (Å²) in [6, 6.07) is 6.16. The van der Waals surface area contributed by atoms with Crippen LogP contribution in [-0.4, -0.2) is 50.9 Å². The Hall–Kier alpha value is -4.16. The lowest BCUT2D eigenvalue weighted by Crippen LogP contribution is -2.26. The topological polar surface area (TPSA) is 119 Å². The molecule has 0 atom stereocenters. The Morgan fingerprint density at radius 1 is 1.05 bits per heavy atom. The SMILES string of the molecule is COc1ccc(C(=O)N2Cc3nc(NC(=O)c4cnc(C)cc4-c4cc(Cl)ncc4OC)sc3C2)c(F)n1. The number of rotatable bonds is 6. The van der Waals surface area contributed by atoms with Crippen molar-refractivity contribution in [1.82, 2.24) is 24.8 Å². The molecule has 2 amide bonds. The van der Waals surface area contributed by atoms with Gasteiger partial charge in [0.2, 0.25) is 11.8 Å². The number of pyridine rings is 3. The average Bonchev–Trinajstić information content (AvgIpc) is 3.47. The number of thiazole rings is 1. The summed E-state index contributed by atoms with van der Waals surface area (Å²) in [7, 11) is 2.87. The van der Waals surface area contributed by atoms with E-state index >= 15 is 0 Å². The number of hydrogen-bond donors (Lipinski definition) is 1. The number of halogens is 2. The fraction of sp³-hybridized carbons (Fsp3) is 0.200. The third-order valence-corrected chi connectivity index (χ3v) is 7.06. The number of hydrogen-bond acceptors (Lipinski definition) is 9. The van der Waals surface area contributed by atoms with Crippen LogP contribution in [0.3, 0.4) is 0 Å². The molecule has 1 aliphatic heterocycles. The van der Waals surface area contributed by atoms with Crippen molar-refractivity contribution < 1.29 is 23.5 Å². The van der Waals surface area contributed by atoms with Crippen molar-refractivity contribution in [3.8, 4) is 22.8 Å².